The monoisotopic (exact) mass is 367 g/mol. The van der Waals surface area contributed by atoms with Gasteiger partial charge in [0.25, 0.3) is 10.0 Å². The van der Waals surface area contributed by atoms with Gasteiger partial charge in [0.2, 0.25) is 0 Å². The molecule has 4 rings (SSSR count). The zero-order valence-corrected chi connectivity index (χ0v) is 14.1. The van der Waals surface area contributed by atoms with Crippen molar-refractivity contribution in [2.75, 3.05) is 4.72 Å². The van der Waals surface area contributed by atoms with Crippen molar-refractivity contribution in [1.82, 2.24) is 19.6 Å². The van der Waals surface area contributed by atoms with Gasteiger partial charge in [-0.25, -0.2) is 13.4 Å². The third kappa shape index (κ3) is 2.84. The summed E-state index contributed by atoms with van der Waals surface area (Å²) in [6.45, 7) is 0. The number of hydrogen-bond donors (Lipinski definition) is 2. The Labute approximate surface area is 148 Å². The third-order valence-corrected chi connectivity index (χ3v) is 5.19. The molecule has 0 fully saturated rings. The SMILES string of the molecule is O=S(=O)(Nc1ccccc1)c1ccc(-c2cnn3c(O)ncnc23)cc1. The highest BCUT2D eigenvalue weighted by molar-refractivity contribution is 7.92. The van der Waals surface area contributed by atoms with Crippen molar-refractivity contribution < 1.29 is 13.5 Å². The number of hydrogen-bond acceptors (Lipinski definition) is 6. The maximum atomic E-state index is 12.5. The lowest BCUT2D eigenvalue weighted by Crippen LogP contribution is -2.12. The van der Waals surface area contributed by atoms with Gasteiger partial charge >= 0.3 is 6.01 Å². The van der Waals surface area contributed by atoms with E-state index in [1.165, 1.54) is 29.2 Å². The lowest BCUT2D eigenvalue weighted by molar-refractivity contribution is 0.411. The molecule has 0 aliphatic heterocycles. The fraction of sp³-hybridized carbons (Fsp3) is 0. The summed E-state index contributed by atoms with van der Waals surface area (Å²) in [7, 11) is -3.68. The van der Waals surface area contributed by atoms with Gasteiger partial charge in [-0.05, 0) is 29.8 Å². The molecule has 0 bridgehead atoms. The summed E-state index contributed by atoms with van der Waals surface area (Å²) in [5, 5.41) is 13.7. The van der Waals surface area contributed by atoms with Gasteiger partial charge in [-0.15, -0.1) is 0 Å². The number of rotatable bonds is 4. The molecule has 26 heavy (non-hydrogen) atoms. The first-order chi connectivity index (χ1) is 12.5. The number of sulfonamides is 1. The van der Waals surface area contributed by atoms with Gasteiger partial charge in [0.05, 0.1) is 11.1 Å². The van der Waals surface area contributed by atoms with Crippen LogP contribution < -0.4 is 4.72 Å². The number of fused-ring (bicyclic) bond motifs is 1. The molecule has 0 radical (unpaired) electrons. The number of para-hydroxylation sites is 1. The maximum absolute atomic E-state index is 12.5. The van der Waals surface area contributed by atoms with E-state index in [4.69, 9.17) is 0 Å². The first-order valence-electron chi connectivity index (χ1n) is 7.60. The molecule has 0 aliphatic carbocycles. The molecule has 0 unspecified atom stereocenters. The van der Waals surface area contributed by atoms with Crippen LogP contribution in [0.2, 0.25) is 0 Å². The standard InChI is InChI=1S/C17H13N5O3S/c23-17-19-11-18-16-15(10-20-22(16)17)12-6-8-14(9-7-12)26(24,25)21-13-4-2-1-3-5-13/h1-11,21H,(H,18,19,23). The van der Waals surface area contributed by atoms with Crippen LogP contribution in [-0.2, 0) is 10.0 Å². The minimum absolute atomic E-state index is 0.138. The summed E-state index contributed by atoms with van der Waals surface area (Å²) in [6, 6.07) is 14.7. The zero-order chi connectivity index (χ0) is 18.1. The third-order valence-electron chi connectivity index (χ3n) is 3.79. The summed E-state index contributed by atoms with van der Waals surface area (Å²) in [5.41, 5.74) is 2.29. The van der Waals surface area contributed by atoms with E-state index in [1.54, 1.807) is 36.4 Å². The maximum Gasteiger partial charge on any atom is 0.318 e. The second kappa shape index (κ2) is 6.12. The molecule has 2 heterocycles. The molecule has 0 atom stereocenters. The second-order valence-corrected chi connectivity index (χ2v) is 7.15. The van der Waals surface area contributed by atoms with Crippen LogP contribution in [0.15, 0.2) is 72.0 Å². The van der Waals surface area contributed by atoms with Gasteiger partial charge in [-0.2, -0.15) is 14.6 Å². The highest BCUT2D eigenvalue weighted by atomic mass is 32.2. The van der Waals surface area contributed by atoms with Crippen LogP contribution in [0.4, 0.5) is 5.69 Å². The molecule has 0 amide bonds. The van der Waals surface area contributed by atoms with Crippen LogP contribution in [0, 0.1) is 0 Å². The van der Waals surface area contributed by atoms with E-state index in [0.29, 0.717) is 16.9 Å². The van der Waals surface area contributed by atoms with Crippen LogP contribution in [0.1, 0.15) is 0 Å². The van der Waals surface area contributed by atoms with E-state index in [9.17, 15) is 13.5 Å². The summed E-state index contributed by atoms with van der Waals surface area (Å²) in [4.78, 5) is 7.90. The molecular formula is C17H13N5O3S. The predicted molar refractivity (Wildman–Crippen MR) is 95.1 cm³/mol. The lowest BCUT2D eigenvalue weighted by Gasteiger charge is -2.08. The highest BCUT2D eigenvalue weighted by Crippen LogP contribution is 2.26. The second-order valence-electron chi connectivity index (χ2n) is 5.46. The quantitative estimate of drug-likeness (QED) is 0.573. The summed E-state index contributed by atoms with van der Waals surface area (Å²) in [6.07, 6.45) is 2.77. The Hall–Kier alpha value is -3.46. The van der Waals surface area contributed by atoms with Crippen LogP contribution in [-0.4, -0.2) is 33.1 Å². The molecule has 0 saturated carbocycles. The van der Waals surface area contributed by atoms with Gasteiger partial charge in [0.15, 0.2) is 5.65 Å². The average molecular weight is 367 g/mol. The van der Waals surface area contributed by atoms with E-state index in [1.807, 2.05) is 6.07 Å². The topological polar surface area (TPSA) is 109 Å². The molecule has 2 aromatic heterocycles. The summed E-state index contributed by atoms with van der Waals surface area (Å²) >= 11 is 0. The van der Waals surface area contributed by atoms with Gasteiger partial charge < -0.3 is 5.11 Å². The molecule has 2 aromatic carbocycles. The first-order valence-corrected chi connectivity index (χ1v) is 9.09. The smallest absolute Gasteiger partial charge is 0.318 e. The van der Waals surface area contributed by atoms with E-state index >= 15 is 0 Å². The average Bonchev–Trinajstić information content (AvgIpc) is 3.08. The fourth-order valence-corrected chi connectivity index (χ4v) is 3.60. The molecule has 4 aromatic rings. The van der Waals surface area contributed by atoms with Gasteiger partial charge in [0.1, 0.15) is 6.33 Å². The van der Waals surface area contributed by atoms with E-state index in [0.717, 1.165) is 5.56 Å². The Balaban J connectivity index is 1.67. The Morgan fingerprint density at radius 3 is 2.42 bits per heavy atom. The number of aromatic nitrogens is 4. The summed E-state index contributed by atoms with van der Waals surface area (Å²) < 4.78 is 28.7. The van der Waals surface area contributed by atoms with Gasteiger partial charge in [0, 0.05) is 11.3 Å². The lowest BCUT2D eigenvalue weighted by atomic mass is 10.1. The van der Waals surface area contributed by atoms with Crippen molar-refractivity contribution in [3.05, 3.63) is 67.1 Å². The van der Waals surface area contributed by atoms with Crippen molar-refractivity contribution in [2.24, 2.45) is 0 Å². The van der Waals surface area contributed by atoms with E-state index < -0.39 is 10.0 Å². The van der Waals surface area contributed by atoms with E-state index in [-0.39, 0.29) is 10.9 Å². The number of aromatic hydroxyl groups is 1. The normalized spacial score (nSPS) is 11.5. The molecule has 9 heteroatoms. The summed E-state index contributed by atoms with van der Waals surface area (Å²) in [5.74, 6) is 0. The molecule has 2 N–H and O–H groups in total. The van der Waals surface area contributed by atoms with Crippen molar-refractivity contribution in [1.29, 1.82) is 0 Å². The largest absolute Gasteiger partial charge is 0.479 e. The predicted octanol–water partition coefficient (Wildman–Crippen LogP) is 2.30. The van der Waals surface area contributed by atoms with Crippen LogP contribution >= 0.6 is 0 Å². The zero-order valence-electron chi connectivity index (χ0n) is 13.3. The molecule has 0 aliphatic rings. The highest BCUT2D eigenvalue weighted by Gasteiger charge is 2.16. The molecule has 0 spiro atoms. The van der Waals surface area contributed by atoms with Crippen molar-refractivity contribution in [2.45, 2.75) is 4.90 Å². The molecule has 0 saturated heterocycles. The Morgan fingerprint density at radius 1 is 0.962 bits per heavy atom. The first kappa shape index (κ1) is 16.0. The van der Waals surface area contributed by atoms with Gasteiger partial charge in [-0.1, -0.05) is 30.3 Å². The van der Waals surface area contributed by atoms with E-state index in [2.05, 4.69) is 19.8 Å². The number of nitrogens with one attached hydrogen (secondary N) is 1. The van der Waals surface area contributed by atoms with Crippen molar-refractivity contribution >= 4 is 21.4 Å². The number of benzene rings is 2. The van der Waals surface area contributed by atoms with Gasteiger partial charge in [-0.3, -0.25) is 4.72 Å². The minimum Gasteiger partial charge on any atom is -0.479 e. The molecular weight excluding hydrogens is 354 g/mol. The Kier molecular flexibility index (Phi) is 3.77. The Bertz CT molecular complexity index is 1170. The number of nitrogens with zero attached hydrogens (tertiary/aromatic N) is 4. The van der Waals surface area contributed by atoms with Crippen LogP contribution in [0.3, 0.4) is 0 Å². The Morgan fingerprint density at radius 2 is 1.69 bits per heavy atom. The van der Waals surface area contributed by atoms with Crippen molar-refractivity contribution in [3.8, 4) is 17.1 Å². The number of anilines is 1. The van der Waals surface area contributed by atoms with Crippen molar-refractivity contribution in [3.63, 3.8) is 0 Å². The van der Waals surface area contributed by atoms with Crippen LogP contribution in [0.5, 0.6) is 6.01 Å². The molecule has 8 nitrogen and oxygen atoms in total. The molecule has 130 valence electrons. The fourth-order valence-electron chi connectivity index (χ4n) is 2.54. The van der Waals surface area contributed by atoms with Crippen LogP contribution in [0.25, 0.3) is 16.8 Å². The minimum atomic E-state index is -3.68.